The van der Waals surface area contributed by atoms with Gasteiger partial charge in [-0.1, -0.05) is 30.3 Å². The van der Waals surface area contributed by atoms with E-state index in [2.05, 4.69) is 28.8 Å². The predicted octanol–water partition coefficient (Wildman–Crippen LogP) is 2.47. The molecular weight excluding hydrogens is 368 g/mol. The summed E-state index contributed by atoms with van der Waals surface area (Å²) in [6, 6.07) is 14.0. The minimum Gasteiger partial charge on any atom is -0.454 e. The van der Waals surface area contributed by atoms with Gasteiger partial charge in [0, 0.05) is 12.5 Å². The minimum atomic E-state index is -0.143. The van der Waals surface area contributed by atoms with Crippen LogP contribution in [0.15, 0.2) is 42.5 Å². The maximum absolute atomic E-state index is 13.0. The number of nitrogens with one attached hydrogen (secondary N) is 2. The summed E-state index contributed by atoms with van der Waals surface area (Å²) in [7, 11) is 1.76. The molecule has 0 aromatic heterocycles. The summed E-state index contributed by atoms with van der Waals surface area (Å²) in [5, 5.41) is 6.72. The molecule has 6 heteroatoms. The average molecular weight is 394 g/mol. The quantitative estimate of drug-likeness (QED) is 0.834. The maximum Gasteiger partial charge on any atom is 0.231 e. The number of amides is 1. The van der Waals surface area contributed by atoms with Crippen LogP contribution >= 0.6 is 0 Å². The molecule has 1 amide bonds. The van der Waals surface area contributed by atoms with Crippen molar-refractivity contribution in [2.24, 2.45) is 0 Å². The van der Waals surface area contributed by atoms with Gasteiger partial charge in [0.25, 0.3) is 0 Å². The Hall–Kier alpha value is -2.57. The number of benzene rings is 2. The van der Waals surface area contributed by atoms with E-state index >= 15 is 0 Å². The Morgan fingerprint density at radius 1 is 1.17 bits per heavy atom. The summed E-state index contributed by atoms with van der Waals surface area (Å²) < 4.78 is 16.8. The summed E-state index contributed by atoms with van der Waals surface area (Å²) in [6.45, 7) is 2.16. The van der Waals surface area contributed by atoms with E-state index in [9.17, 15) is 4.79 Å². The molecule has 6 nitrogen and oxygen atoms in total. The summed E-state index contributed by atoms with van der Waals surface area (Å²) in [5.41, 5.74) is 3.36. The van der Waals surface area contributed by atoms with E-state index in [0.29, 0.717) is 12.2 Å². The van der Waals surface area contributed by atoms with Crippen molar-refractivity contribution in [2.75, 3.05) is 27.0 Å². The number of carbonyl (C=O) groups is 1. The molecule has 1 spiro atoms. The van der Waals surface area contributed by atoms with Gasteiger partial charge in [-0.2, -0.15) is 0 Å². The molecule has 2 atom stereocenters. The molecule has 5 rings (SSSR count). The maximum atomic E-state index is 13.0. The van der Waals surface area contributed by atoms with Crippen molar-refractivity contribution in [1.82, 2.24) is 10.6 Å². The van der Waals surface area contributed by atoms with Crippen LogP contribution in [0.5, 0.6) is 11.5 Å². The Labute approximate surface area is 170 Å². The number of fused-ring (bicyclic) bond motifs is 3. The van der Waals surface area contributed by atoms with Crippen LogP contribution in [0.25, 0.3) is 0 Å². The number of ether oxygens (including phenoxy) is 3. The van der Waals surface area contributed by atoms with Crippen molar-refractivity contribution in [2.45, 2.75) is 36.8 Å². The van der Waals surface area contributed by atoms with Crippen molar-refractivity contribution in [1.29, 1.82) is 0 Å². The highest BCUT2D eigenvalue weighted by Crippen LogP contribution is 2.51. The van der Waals surface area contributed by atoms with Crippen LogP contribution in [-0.2, 0) is 21.4 Å². The van der Waals surface area contributed by atoms with E-state index in [1.54, 1.807) is 7.11 Å². The van der Waals surface area contributed by atoms with E-state index in [4.69, 9.17) is 14.2 Å². The number of rotatable bonds is 4. The van der Waals surface area contributed by atoms with Gasteiger partial charge in [-0.3, -0.25) is 4.79 Å². The van der Waals surface area contributed by atoms with Crippen LogP contribution in [0.1, 0.15) is 35.6 Å². The number of methoxy groups -OCH3 is 1. The SMILES string of the molecule is CO[C@H]1[C@H](NC(=O)Cc2ccc3c(c2)OCO3)c2ccccc2C12CCNCC2. The molecule has 2 aromatic carbocycles. The Morgan fingerprint density at radius 3 is 2.79 bits per heavy atom. The Kier molecular flexibility index (Phi) is 4.68. The summed E-state index contributed by atoms with van der Waals surface area (Å²) >= 11 is 0. The fraction of sp³-hybridized carbons (Fsp3) is 0.435. The van der Waals surface area contributed by atoms with E-state index in [0.717, 1.165) is 37.2 Å². The first-order valence-electron chi connectivity index (χ1n) is 10.2. The van der Waals surface area contributed by atoms with Gasteiger partial charge in [-0.05, 0) is 54.8 Å². The first kappa shape index (κ1) is 18.5. The van der Waals surface area contributed by atoms with Crippen molar-refractivity contribution in [3.05, 3.63) is 59.2 Å². The normalized spacial score (nSPS) is 23.8. The Morgan fingerprint density at radius 2 is 1.97 bits per heavy atom. The Bertz CT molecular complexity index is 923. The van der Waals surface area contributed by atoms with Gasteiger partial charge in [0.1, 0.15) is 0 Å². The van der Waals surface area contributed by atoms with Gasteiger partial charge in [0.15, 0.2) is 11.5 Å². The van der Waals surface area contributed by atoms with Crippen molar-refractivity contribution in [3.8, 4) is 11.5 Å². The first-order valence-corrected chi connectivity index (χ1v) is 10.2. The van der Waals surface area contributed by atoms with E-state index in [1.165, 1.54) is 11.1 Å². The zero-order chi connectivity index (χ0) is 19.8. The predicted molar refractivity (Wildman–Crippen MR) is 108 cm³/mol. The van der Waals surface area contributed by atoms with Gasteiger partial charge in [0.2, 0.25) is 12.7 Å². The van der Waals surface area contributed by atoms with Gasteiger partial charge in [-0.15, -0.1) is 0 Å². The monoisotopic (exact) mass is 394 g/mol. The zero-order valence-corrected chi connectivity index (χ0v) is 16.6. The fourth-order valence-electron chi connectivity index (χ4n) is 5.26. The molecule has 1 fully saturated rings. The number of carbonyl (C=O) groups excluding carboxylic acids is 1. The summed E-state index contributed by atoms with van der Waals surface area (Å²) in [5.74, 6) is 1.41. The number of piperidine rings is 1. The second-order valence-corrected chi connectivity index (χ2v) is 8.06. The molecule has 29 heavy (non-hydrogen) atoms. The molecule has 152 valence electrons. The molecule has 1 aliphatic carbocycles. The van der Waals surface area contributed by atoms with E-state index in [1.807, 2.05) is 24.3 Å². The van der Waals surface area contributed by atoms with Crippen molar-refractivity contribution in [3.63, 3.8) is 0 Å². The summed E-state index contributed by atoms with van der Waals surface area (Å²) in [6.07, 6.45) is 2.25. The standard InChI is InChI=1S/C23H26N2O4/c1-27-22-21(16-4-2-3-5-17(16)23(22)8-10-24-11-9-23)25-20(26)13-15-6-7-18-19(12-15)29-14-28-18/h2-7,12,21-22,24H,8-11,13-14H2,1H3,(H,25,26)/t21-,22+/m1/s1. The van der Waals surface area contributed by atoms with Crippen molar-refractivity contribution < 1.29 is 19.0 Å². The molecule has 2 heterocycles. The third-order valence-electron chi connectivity index (χ3n) is 6.55. The highest BCUT2D eigenvalue weighted by molar-refractivity contribution is 5.79. The lowest BCUT2D eigenvalue weighted by Gasteiger charge is -2.40. The van der Waals surface area contributed by atoms with E-state index < -0.39 is 0 Å². The van der Waals surface area contributed by atoms with Gasteiger partial charge >= 0.3 is 0 Å². The highest BCUT2D eigenvalue weighted by atomic mass is 16.7. The largest absolute Gasteiger partial charge is 0.454 e. The first-order chi connectivity index (χ1) is 14.2. The lowest BCUT2D eigenvalue weighted by molar-refractivity contribution is -0.122. The minimum absolute atomic E-state index is 0.0169. The highest BCUT2D eigenvalue weighted by Gasteiger charge is 2.53. The second-order valence-electron chi connectivity index (χ2n) is 8.06. The molecule has 2 aromatic rings. The fourth-order valence-corrected chi connectivity index (χ4v) is 5.26. The number of hydrogen-bond donors (Lipinski definition) is 2. The van der Waals surface area contributed by atoms with Crippen LogP contribution in [0.2, 0.25) is 0 Å². The van der Waals surface area contributed by atoms with Gasteiger partial charge in [-0.25, -0.2) is 0 Å². The zero-order valence-electron chi connectivity index (χ0n) is 16.6. The van der Waals surface area contributed by atoms with Crippen LogP contribution in [-0.4, -0.2) is 39.0 Å². The number of hydrogen-bond acceptors (Lipinski definition) is 5. The van der Waals surface area contributed by atoms with Gasteiger partial charge < -0.3 is 24.8 Å². The van der Waals surface area contributed by atoms with Crippen LogP contribution in [0.4, 0.5) is 0 Å². The lowest BCUT2D eigenvalue weighted by Crippen LogP contribution is -2.49. The lowest BCUT2D eigenvalue weighted by atomic mass is 9.72. The molecule has 0 bridgehead atoms. The Balaban J connectivity index is 1.39. The van der Waals surface area contributed by atoms with Crippen LogP contribution < -0.4 is 20.1 Å². The van der Waals surface area contributed by atoms with Crippen LogP contribution in [0, 0.1) is 0 Å². The molecule has 1 saturated heterocycles. The molecule has 0 unspecified atom stereocenters. The summed E-state index contributed by atoms with van der Waals surface area (Å²) in [4.78, 5) is 13.0. The topological polar surface area (TPSA) is 68.8 Å². The molecule has 2 aliphatic heterocycles. The average Bonchev–Trinajstić information content (AvgIpc) is 3.30. The molecule has 0 saturated carbocycles. The van der Waals surface area contributed by atoms with Crippen LogP contribution in [0.3, 0.4) is 0 Å². The second kappa shape index (κ2) is 7.35. The third-order valence-corrected chi connectivity index (χ3v) is 6.55. The smallest absolute Gasteiger partial charge is 0.231 e. The molecule has 0 radical (unpaired) electrons. The van der Waals surface area contributed by atoms with Crippen molar-refractivity contribution >= 4 is 5.91 Å². The molecular formula is C23H26N2O4. The van der Waals surface area contributed by atoms with Gasteiger partial charge in [0.05, 0.1) is 18.6 Å². The molecule has 2 N–H and O–H groups in total. The third kappa shape index (κ3) is 3.07. The van der Waals surface area contributed by atoms with E-state index in [-0.39, 0.29) is 30.3 Å². The molecule has 3 aliphatic rings.